The van der Waals surface area contributed by atoms with Crippen molar-refractivity contribution in [1.82, 2.24) is 10.1 Å². The summed E-state index contributed by atoms with van der Waals surface area (Å²) in [7, 11) is 0. The molecule has 9 heteroatoms. The Morgan fingerprint density at radius 2 is 1.85 bits per heavy atom. The second kappa shape index (κ2) is 10.2. The van der Waals surface area contributed by atoms with Crippen LogP contribution < -0.4 is 4.74 Å². The number of aryl methyl sites for hydroxylation is 2. The third-order valence-electron chi connectivity index (χ3n) is 9.18. The van der Waals surface area contributed by atoms with Crippen LogP contribution in [-0.2, 0) is 23.6 Å². The van der Waals surface area contributed by atoms with Gasteiger partial charge in [-0.05, 0) is 87.5 Å². The van der Waals surface area contributed by atoms with E-state index in [1.165, 1.54) is 17.4 Å². The average Bonchev–Trinajstić information content (AvgIpc) is 3.54. The van der Waals surface area contributed by atoms with Gasteiger partial charge in [0.05, 0.1) is 19.3 Å². The lowest BCUT2D eigenvalue weighted by atomic mass is 9.73. The highest BCUT2D eigenvalue weighted by Crippen LogP contribution is 2.57. The summed E-state index contributed by atoms with van der Waals surface area (Å²) in [4.78, 5) is 7.92. The highest BCUT2D eigenvalue weighted by atomic mass is 32.1. The van der Waals surface area contributed by atoms with Crippen LogP contribution in [0.25, 0.3) is 15.1 Å². The van der Waals surface area contributed by atoms with Crippen LogP contribution in [0.2, 0.25) is 0 Å². The molecule has 4 aromatic rings. The highest BCUT2D eigenvalue weighted by molar-refractivity contribution is 7.18. The van der Waals surface area contributed by atoms with Crippen LogP contribution in [0.4, 0.5) is 10.1 Å². The molecule has 3 aliphatic carbocycles. The molecular formula is C32H32FN3O4S. The molecule has 41 heavy (non-hydrogen) atoms. The van der Waals surface area contributed by atoms with Gasteiger partial charge in [0, 0.05) is 16.2 Å². The number of aromatic nitrogens is 2. The number of thiazole rings is 1. The number of hydrogen-bond donors (Lipinski definition) is 1. The molecule has 3 aliphatic rings. The largest absolute Gasteiger partial charge is 0.487 e. The first-order valence-electron chi connectivity index (χ1n) is 14.3. The Kier molecular flexibility index (Phi) is 6.61. The fourth-order valence-electron chi connectivity index (χ4n) is 6.86. The first-order chi connectivity index (χ1) is 19.8. The average molecular weight is 574 g/mol. The van der Waals surface area contributed by atoms with E-state index >= 15 is 0 Å². The molecule has 2 aromatic carbocycles. The molecule has 0 aliphatic heterocycles. The molecule has 0 amide bonds. The second-order valence-corrected chi connectivity index (χ2v) is 12.9. The summed E-state index contributed by atoms with van der Waals surface area (Å²) in [5.74, 6) is 1.63. The molecule has 0 spiro atoms. The standard InChI is InChI=1S/C32H32FN3O4S/c1-17-5-4-6-18(2)29(17)39-16-26-24(30(40-36-26)19-7-8-19)15-38-23-11-20-9-10-21(12-23)32(20,37)31-35-28-25(33)13-22(34-3)14-27(28)41-31/h4-6,13-14,19-21,23,37H,7-12,15-16H2,1-2H3/t20-,21+,23?,32?. The number of para-hydroxylation sites is 1. The molecule has 212 valence electrons. The van der Waals surface area contributed by atoms with Gasteiger partial charge >= 0.3 is 0 Å². The number of fused-ring (bicyclic) bond motifs is 3. The van der Waals surface area contributed by atoms with Gasteiger partial charge in [0.1, 0.15) is 45.8 Å². The van der Waals surface area contributed by atoms with Crippen molar-refractivity contribution in [2.24, 2.45) is 11.8 Å². The predicted octanol–water partition coefficient (Wildman–Crippen LogP) is 7.64. The normalized spacial score (nSPS) is 25.5. The van der Waals surface area contributed by atoms with Crippen molar-refractivity contribution in [1.29, 1.82) is 0 Å². The van der Waals surface area contributed by atoms with E-state index in [2.05, 4.69) is 15.0 Å². The highest BCUT2D eigenvalue weighted by Gasteiger charge is 2.56. The number of rotatable bonds is 8. The number of nitrogens with zero attached hydrogens (tertiary/aromatic N) is 3. The lowest BCUT2D eigenvalue weighted by Crippen LogP contribution is -2.44. The minimum Gasteiger partial charge on any atom is -0.487 e. The van der Waals surface area contributed by atoms with E-state index in [9.17, 15) is 9.50 Å². The zero-order valence-electron chi connectivity index (χ0n) is 23.2. The summed E-state index contributed by atoms with van der Waals surface area (Å²) in [6.45, 7) is 12.0. The van der Waals surface area contributed by atoms with Crippen molar-refractivity contribution >= 4 is 27.2 Å². The van der Waals surface area contributed by atoms with Crippen LogP contribution >= 0.6 is 11.3 Å². The smallest absolute Gasteiger partial charge is 0.191 e. The molecule has 4 atom stereocenters. The first-order valence-corrected chi connectivity index (χ1v) is 15.1. The van der Waals surface area contributed by atoms with Crippen molar-refractivity contribution < 1.29 is 23.5 Å². The maximum absolute atomic E-state index is 14.6. The summed E-state index contributed by atoms with van der Waals surface area (Å²) >= 11 is 1.31. The Bertz CT molecular complexity index is 1640. The minimum atomic E-state index is -1.10. The Balaban J connectivity index is 1.07. The van der Waals surface area contributed by atoms with Crippen molar-refractivity contribution in [3.05, 3.63) is 80.7 Å². The van der Waals surface area contributed by atoms with Crippen LogP contribution in [0.5, 0.6) is 5.75 Å². The molecule has 3 saturated carbocycles. The van der Waals surface area contributed by atoms with Crippen molar-refractivity contribution in [2.45, 2.75) is 83.2 Å². The monoisotopic (exact) mass is 573 g/mol. The topological polar surface area (TPSA) is 82.0 Å². The first kappa shape index (κ1) is 26.6. The zero-order valence-corrected chi connectivity index (χ0v) is 24.0. The number of halogens is 1. The molecule has 2 bridgehead atoms. The molecule has 1 N–H and O–H groups in total. The fourth-order valence-corrected chi connectivity index (χ4v) is 8.12. The molecule has 2 heterocycles. The SMILES string of the molecule is [C-]#[N+]c1cc(F)c2nc(C3(O)[C@@H]4CC[C@H]3CC(OCc3c(COc5c(C)cccc5C)noc3C3CC3)C4)sc2c1. The van der Waals surface area contributed by atoms with Crippen LogP contribution in [0, 0.1) is 38.1 Å². The van der Waals surface area contributed by atoms with Gasteiger partial charge in [0.25, 0.3) is 0 Å². The van der Waals surface area contributed by atoms with E-state index < -0.39 is 11.4 Å². The molecule has 2 aromatic heterocycles. The van der Waals surface area contributed by atoms with E-state index in [0.717, 1.165) is 59.6 Å². The molecular weight excluding hydrogens is 541 g/mol. The summed E-state index contributed by atoms with van der Waals surface area (Å²) in [5.41, 5.74) is 3.32. The molecule has 2 unspecified atom stereocenters. The molecule has 0 radical (unpaired) electrons. The van der Waals surface area contributed by atoms with Crippen molar-refractivity contribution in [2.75, 3.05) is 0 Å². The van der Waals surface area contributed by atoms with Crippen LogP contribution in [-0.4, -0.2) is 21.4 Å². The fraction of sp³-hybridized carbons (Fsp3) is 0.469. The quantitative estimate of drug-likeness (QED) is 0.218. The van der Waals surface area contributed by atoms with Gasteiger partial charge < -0.3 is 19.1 Å². The van der Waals surface area contributed by atoms with Gasteiger partial charge in [-0.15, -0.1) is 11.3 Å². The summed E-state index contributed by atoms with van der Waals surface area (Å²) in [5, 5.41) is 16.9. The molecule has 3 fully saturated rings. The summed E-state index contributed by atoms with van der Waals surface area (Å²) in [6, 6.07) is 8.98. The third kappa shape index (κ3) is 4.62. The van der Waals surface area contributed by atoms with Gasteiger partial charge in [-0.2, -0.15) is 0 Å². The van der Waals surface area contributed by atoms with E-state index in [0.29, 0.717) is 41.7 Å². The molecule has 0 saturated heterocycles. The van der Waals surface area contributed by atoms with Crippen LogP contribution in [0.15, 0.2) is 34.9 Å². The van der Waals surface area contributed by atoms with Gasteiger partial charge in [-0.1, -0.05) is 23.4 Å². The number of hydrogen-bond acceptors (Lipinski definition) is 7. The zero-order chi connectivity index (χ0) is 28.3. The maximum Gasteiger partial charge on any atom is 0.191 e. The van der Waals surface area contributed by atoms with E-state index in [4.69, 9.17) is 20.6 Å². The van der Waals surface area contributed by atoms with Gasteiger partial charge in [-0.3, -0.25) is 0 Å². The van der Waals surface area contributed by atoms with Crippen LogP contribution in [0.1, 0.15) is 77.6 Å². The van der Waals surface area contributed by atoms with Crippen molar-refractivity contribution in [3.63, 3.8) is 0 Å². The molecule has 7 rings (SSSR count). The summed E-state index contributed by atoms with van der Waals surface area (Å²) in [6.07, 6.45) is 5.35. The number of ether oxygens (including phenoxy) is 2. The maximum atomic E-state index is 14.6. The second-order valence-electron chi connectivity index (χ2n) is 11.9. The Labute approximate surface area is 242 Å². The predicted molar refractivity (Wildman–Crippen MR) is 152 cm³/mol. The Morgan fingerprint density at radius 3 is 2.54 bits per heavy atom. The van der Waals surface area contributed by atoms with Gasteiger partial charge in [0.15, 0.2) is 5.69 Å². The lowest BCUT2D eigenvalue weighted by molar-refractivity contribution is -0.116. The van der Waals surface area contributed by atoms with Crippen molar-refractivity contribution in [3.8, 4) is 5.75 Å². The Hall–Kier alpha value is -3.32. The van der Waals surface area contributed by atoms with Gasteiger partial charge in [0.2, 0.25) is 0 Å². The van der Waals surface area contributed by atoms with Crippen LogP contribution in [0.3, 0.4) is 0 Å². The van der Waals surface area contributed by atoms with E-state index in [1.54, 1.807) is 6.07 Å². The molecule has 7 nitrogen and oxygen atoms in total. The third-order valence-corrected chi connectivity index (χ3v) is 10.3. The summed E-state index contributed by atoms with van der Waals surface area (Å²) < 4.78 is 33.8. The van der Waals surface area contributed by atoms with Gasteiger partial charge in [-0.25, -0.2) is 14.2 Å². The number of benzene rings is 2. The lowest BCUT2D eigenvalue weighted by Gasteiger charge is -2.41. The van der Waals surface area contributed by atoms with E-state index in [-0.39, 0.29) is 29.1 Å². The minimum absolute atomic E-state index is 0.0121. The Morgan fingerprint density at radius 1 is 1.12 bits per heavy atom. The van der Waals surface area contributed by atoms with E-state index in [1.807, 2.05) is 32.0 Å². The number of aliphatic hydroxyl groups is 1.